The van der Waals surface area contributed by atoms with Crippen molar-refractivity contribution in [2.75, 3.05) is 6.54 Å². The Bertz CT molecular complexity index is 380. The van der Waals surface area contributed by atoms with Crippen LogP contribution in [0.2, 0.25) is 0 Å². The van der Waals surface area contributed by atoms with Gasteiger partial charge in [0.1, 0.15) is 0 Å². The fourth-order valence-corrected chi connectivity index (χ4v) is 2.22. The average molecular weight is 220 g/mol. The summed E-state index contributed by atoms with van der Waals surface area (Å²) >= 11 is 0. The van der Waals surface area contributed by atoms with E-state index in [1.807, 2.05) is 4.90 Å². The molecule has 0 aromatic heterocycles. The topological polar surface area (TPSA) is 49.4 Å². The molecule has 2 fully saturated rings. The van der Waals surface area contributed by atoms with Gasteiger partial charge >= 0.3 is 0 Å². The molecule has 2 rings (SSSR count). The summed E-state index contributed by atoms with van der Waals surface area (Å²) in [5.74, 6) is 5.46. The third kappa shape index (κ3) is 2.19. The molecule has 1 N–H and O–H groups in total. The van der Waals surface area contributed by atoms with Gasteiger partial charge in [0.25, 0.3) is 5.91 Å². The number of hydrogen-bond donors (Lipinski definition) is 1. The van der Waals surface area contributed by atoms with Gasteiger partial charge in [0.2, 0.25) is 5.91 Å². The van der Waals surface area contributed by atoms with Gasteiger partial charge in [-0.1, -0.05) is 12.8 Å². The van der Waals surface area contributed by atoms with Crippen molar-refractivity contribution < 1.29 is 9.59 Å². The van der Waals surface area contributed by atoms with Crippen molar-refractivity contribution in [3.05, 3.63) is 0 Å². The van der Waals surface area contributed by atoms with Gasteiger partial charge in [0.05, 0.1) is 6.04 Å². The Hall–Kier alpha value is -1.50. The first kappa shape index (κ1) is 11.0. The monoisotopic (exact) mass is 220 g/mol. The zero-order valence-electron chi connectivity index (χ0n) is 9.62. The Morgan fingerprint density at radius 3 is 2.81 bits per heavy atom. The van der Waals surface area contributed by atoms with E-state index in [1.165, 1.54) is 0 Å². The number of rotatable bonds is 2. The molecular weight excluding hydrogens is 204 g/mol. The lowest BCUT2D eigenvalue weighted by molar-refractivity contribution is -0.128. The molecular formula is C12H16N2O2. The molecule has 0 radical (unpaired) electrons. The van der Waals surface area contributed by atoms with Crippen molar-refractivity contribution in [2.24, 2.45) is 5.92 Å². The van der Waals surface area contributed by atoms with Crippen LogP contribution in [-0.2, 0) is 9.59 Å². The minimum Gasteiger partial charge on any atom is -0.340 e. The number of nitrogens with one attached hydrogen (secondary N) is 1. The van der Waals surface area contributed by atoms with E-state index in [1.54, 1.807) is 6.92 Å². The molecule has 3 atom stereocenters. The van der Waals surface area contributed by atoms with E-state index in [2.05, 4.69) is 24.1 Å². The zero-order chi connectivity index (χ0) is 11.7. The van der Waals surface area contributed by atoms with Crippen LogP contribution in [0.1, 0.15) is 26.7 Å². The maximum atomic E-state index is 11.7. The molecule has 2 aliphatic rings. The largest absolute Gasteiger partial charge is 0.340 e. The van der Waals surface area contributed by atoms with E-state index in [0.29, 0.717) is 24.9 Å². The summed E-state index contributed by atoms with van der Waals surface area (Å²) < 4.78 is 0. The number of carbonyl (C=O) groups is 2. The molecule has 3 unspecified atom stereocenters. The van der Waals surface area contributed by atoms with Crippen LogP contribution < -0.4 is 5.32 Å². The molecule has 1 aliphatic heterocycles. The highest BCUT2D eigenvalue weighted by molar-refractivity contribution is 5.94. The maximum absolute atomic E-state index is 11.7. The average Bonchev–Trinajstić information content (AvgIpc) is 2.80. The molecule has 16 heavy (non-hydrogen) atoms. The molecule has 0 spiro atoms. The van der Waals surface area contributed by atoms with Gasteiger partial charge in [-0.15, -0.1) is 0 Å². The SMILES string of the molecule is CC#CC(=O)NC1CC(=O)N(C2CC2C)C1. The Balaban J connectivity index is 1.88. The number of nitrogens with zero attached hydrogens (tertiary/aromatic N) is 1. The smallest absolute Gasteiger partial charge is 0.296 e. The molecule has 1 saturated heterocycles. The van der Waals surface area contributed by atoms with Crippen LogP contribution in [0.3, 0.4) is 0 Å². The van der Waals surface area contributed by atoms with Gasteiger partial charge in [0.15, 0.2) is 0 Å². The van der Waals surface area contributed by atoms with Crippen molar-refractivity contribution in [2.45, 2.75) is 38.8 Å². The summed E-state index contributed by atoms with van der Waals surface area (Å²) in [6, 6.07) is 0.348. The Kier molecular flexibility index (Phi) is 2.86. The van der Waals surface area contributed by atoms with Crippen molar-refractivity contribution in [1.82, 2.24) is 10.2 Å². The van der Waals surface area contributed by atoms with E-state index in [9.17, 15) is 9.59 Å². The van der Waals surface area contributed by atoms with Gasteiger partial charge in [0, 0.05) is 19.0 Å². The molecule has 4 heteroatoms. The quantitative estimate of drug-likeness (QED) is 0.673. The summed E-state index contributed by atoms with van der Waals surface area (Å²) in [6.07, 6.45) is 1.52. The van der Waals surface area contributed by atoms with E-state index < -0.39 is 0 Å². The van der Waals surface area contributed by atoms with Crippen LogP contribution in [0.5, 0.6) is 0 Å². The van der Waals surface area contributed by atoms with Crippen molar-refractivity contribution in [3.63, 3.8) is 0 Å². The third-order valence-electron chi connectivity index (χ3n) is 3.20. The molecule has 2 amide bonds. The molecule has 1 saturated carbocycles. The van der Waals surface area contributed by atoms with E-state index in [4.69, 9.17) is 0 Å². The fraction of sp³-hybridized carbons (Fsp3) is 0.667. The van der Waals surface area contributed by atoms with Crippen LogP contribution in [-0.4, -0.2) is 35.3 Å². The first-order chi connectivity index (χ1) is 7.61. The first-order valence-electron chi connectivity index (χ1n) is 5.64. The molecule has 0 aromatic rings. The van der Waals surface area contributed by atoms with Crippen molar-refractivity contribution in [1.29, 1.82) is 0 Å². The maximum Gasteiger partial charge on any atom is 0.296 e. The molecule has 1 aliphatic carbocycles. The van der Waals surface area contributed by atoms with Crippen LogP contribution >= 0.6 is 0 Å². The fourth-order valence-electron chi connectivity index (χ4n) is 2.22. The number of likely N-dealkylation sites (tertiary alicyclic amines) is 1. The number of carbonyl (C=O) groups excluding carboxylic acids is 2. The molecule has 4 nitrogen and oxygen atoms in total. The van der Waals surface area contributed by atoms with E-state index in [0.717, 1.165) is 6.42 Å². The lowest BCUT2D eigenvalue weighted by atomic mass is 10.2. The van der Waals surface area contributed by atoms with Crippen molar-refractivity contribution >= 4 is 11.8 Å². The summed E-state index contributed by atoms with van der Waals surface area (Å²) in [7, 11) is 0. The van der Waals surface area contributed by atoms with Crippen molar-refractivity contribution in [3.8, 4) is 11.8 Å². The van der Waals surface area contributed by atoms with Crippen LogP contribution in [0, 0.1) is 17.8 Å². The molecule has 86 valence electrons. The third-order valence-corrected chi connectivity index (χ3v) is 3.20. The van der Waals surface area contributed by atoms with Gasteiger partial charge < -0.3 is 10.2 Å². The van der Waals surface area contributed by atoms with Crippen LogP contribution in [0.25, 0.3) is 0 Å². The zero-order valence-corrected chi connectivity index (χ0v) is 9.62. The molecule has 1 heterocycles. The Morgan fingerprint density at radius 1 is 1.56 bits per heavy atom. The van der Waals surface area contributed by atoms with Gasteiger partial charge in [-0.3, -0.25) is 9.59 Å². The molecule has 0 bridgehead atoms. The van der Waals surface area contributed by atoms with Gasteiger partial charge in [-0.05, 0) is 25.2 Å². The predicted octanol–water partition coefficient (Wildman–Crippen LogP) is 0.135. The highest BCUT2D eigenvalue weighted by Crippen LogP contribution is 2.37. The highest BCUT2D eigenvalue weighted by Gasteiger charge is 2.44. The van der Waals surface area contributed by atoms with E-state index in [-0.39, 0.29) is 17.9 Å². The summed E-state index contributed by atoms with van der Waals surface area (Å²) in [6.45, 7) is 4.41. The normalized spacial score (nSPS) is 32.0. The minimum atomic E-state index is -0.286. The standard InChI is InChI=1S/C12H16N2O2/c1-3-4-11(15)13-9-6-12(16)14(7-9)10-5-8(10)2/h8-10H,5-7H2,1-2H3,(H,13,15). The minimum absolute atomic E-state index is 0.0614. The van der Waals surface area contributed by atoms with Gasteiger partial charge in [-0.25, -0.2) is 0 Å². The summed E-state index contributed by atoms with van der Waals surface area (Å²) in [5.41, 5.74) is 0. The number of amides is 2. The van der Waals surface area contributed by atoms with Crippen LogP contribution in [0.4, 0.5) is 0 Å². The summed E-state index contributed by atoms with van der Waals surface area (Å²) in [4.78, 5) is 24.8. The Morgan fingerprint density at radius 2 is 2.25 bits per heavy atom. The highest BCUT2D eigenvalue weighted by atomic mass is 16.2. The lowest BCUT2D eigenvalue weighted by Gasteiger charge is -2.16. The lowest BCUT2D eigenvalue weighted by Crippen LogP contribution is -2.37. The van der Waals surface area contributed by atoms with E-state index >= 15 is 0 Å². The Labute approximate surface area is 95.4 Å². The van der Waals surface area contributed by atoms with Gasteiger partial charge in [-0.2, -0.15) is 0 Å². The first-order valence-corrected chi connectivity index (χ1v) is 5.64. The second kappa shape index (κ2) is 4.17. The second-order valence-corrected chi connectivity index (χ2v) is 4.58. The number of hydrogen-bond acceptors (Lipinski definition) is 2. The summed E-state index contributed by atoms with van der Waals surface area (Å²) in [5, 5.41) is 2.76. The van der Waals surface area contributed by atoms with Crippen LogP contribution in [0.15, 0.2) is 0 Å². The molecule has 0 aromatic carbocycles. The second-order valence-electron chi connectivity index (χ2n) is 4.58. The predicted molar refractivity (Wildman–Crippen MR) is 59.3 cm³/mol.